The molecule has 8 heteroatoms. The predicted molar refractivity (Wildman–Crippen MR) is 90.0 cm³/mol. The Morgan fingerprint density at radius 3 is 2.80 bits per heavy atom. The van der Waals surface area contributed by atoms with Crippen molar-refractivity contribution in [2.45, 2.75) is 39.0 Å². The van der Waals surface area contributed by atoms with Crippen LogP contribution in [0, 0.1) is 5.41 Å². The molecule has 0 radical (unpaired) electrons. The second-order valence-electron chi connectivity index (χ2n) is 6.77. The molecule has 1 aromatic rings. The largest absolute Gasteiger partial charge is 0.449 e. The number of benzene rings is 1. The van der Waals surface area contributed by atoms with Crippen LogP contribution in [0.1, 0.15) is 41.5 Å². The molecular formula is C17H23N3O5. The third-order valence-corrected chi connectivity index (χ3v) is 4.29. The smallest absolute Gasteiger partial charge is 0.407 e. The topological polar surface area (TPSA) is 117 Å². The minimum Gasteiger partial charge on any atom is -0.449 e. The minimum absolute atomic E-state index is 0.187. The number of alkyl carbamates (subject to hydrolysis) is 1. The first-order valence-electron chi connectivity index (χ1n) is 7.97. The molecule has 0 aromatic heterocycles. The van der Waals surface area contributed by atoms with Gasteiger partial charge < -0.3 is 15.2 Å². The highest BCUT2D eigenvalue weighted by Gasteiger charge is 2.42. The molecule has 136 valence electrons. The van der Waals surface area contributed by atoms with E-state index in [0.29, 0.717) is 6.29 Å². The average Bonchev–Trinajstić information content (AvgIpc) is 2.60. The lowest BCUT2D eigenvalue weighted by Crippen LogP contribution is -2.63. The molecule has 4 N–H and O–H groups in total. The fourth-order valence-electron chi connectivity index (χ4n) is 2.68. The number of carbonyl (C=O) groups is 3. The Bertz CT molecular complexity index is 661. The van der Waals surface area contributed by atoms with Gasteiger partial charge in [-0.2, -0.15) is 0 Å². The number of hydrogen-bond donors (Lipinski definition) is 4. The molecule has 0 aliphatic carbocycles. The van der Waals surface area contributed by atoms with Gasteiger partial charge in [-0.25, -0.2) is 10.2 Å². The number of aliphatic hydroxyl groups is 1. The number of ether oxygens (including phenoxy) is 1. The van der Waals surface area contributed by atoms with Crippen LogP contribution in [0.15, 0.2) is 24.3 Å². The quantitative estimate of drug-likeness (QED) is 0.442. The van der Waals surface area contributed by atoms with Crippen molar-refractivity contribution in [2.24, 2.45) is 5.41 Å². The molecule has 1 aliphatic rings. The van der Waals surface area contributed by atoms with Crippen LogP contribution in [0.2, 0.25) is 0 Å². The van der Waals surface area contributed by atoms with Crippen molar-refractivity contribution in [3.63, 3.8) is 0 Å². The molecule has 1 fully saturated rings. The molecule has 3 atom stereocenters. The van der Waals surface area contributed by atoms with Crippen LogP contribution >= 0.6 is 0 Å². The number of rotatable bonds is 6. The first-order valence-corrected chi connectivity index (χ1v) is 7.97. The maximum Gasteiger partial charge on any atom is 0.407 e. The fourth-order valence-corrected chi connectivity index (χ4v) is 2.68. The molecule has 1 heterocycles. The van der Waals surface area contributed by atoms with Crippen molar-refractivity contribution < 1.29 is 24.2 Å². The van der Waals surface area contributed by atoms with Gasteiger partial charge in [0.05, 0.1) is 23.8 Å². The highest BCUT2D eigenvalue weighted by atomic mass is 16.6. The first-order chi connectivity index (χ1) is 11.8. The van der Waals surface area contributed by atoms with Gasteiger partial charge in [-0.3, -0.25) is 15.0 Å². The Morgan fingerprint density at radius 1 is 1.44 bits per heavy atom. The zero-order chi connectivity index (χ0) is 18.6. The molecule has 0 bridgehead atoms. The highest BCUT2D eigenvalue weighted by Crippen LogP contribution is 2.28. The molecule has 1 aliphatic heterocycles. The average molecular weight is 349 g/mol. The Kier molecular flexibility index (Phi) is 5.76. The normalized spacial score (nSPS) is 21.4. The van der Waals surface area contributed by atoms with Gasteiger partial charge in [0.25, 0.3) is 5.91 Å². The summed E-state index contributed by atoms with van der Waals surface area (Å²) in [6, 6.07) is 5.28. The van der Waals surface area contributed by atoms with Crippen molar-refractivity contribution in [2.75, 3.05) is 6.61 Å². The van der Waals surface area contributed by atoms with Gasteiger partial charge in [0, 0.05) is 11.0 Å². The van der Waals surface area contributed by atoms with E-state index in [1.54, 1.807) is 25.1 Å². The number of hydrazine groups is 1. The summed E-state index contributed by atoms with van der Waals surface area (Å²) in [5.41, 5.74) is 5.23. The molecule has 1 aromatic carbocycles. The zero-order valence-electron chi connectivity index (χ0n) is 14.4. The summed E-state index contributed by atoms with van der Waals surface area (Å²) in [7, 11) is 0. The van der Waals surface area contributed by atoms with Crippen molar-refractivity contribution >= 4 is 18.3 Å². The van der Waals surface area contributed by atoms with Crippen LogP contribution in [0.25, 0.3) is 0 Å². The van der Waals surface area contributed by atoms with E-state index in [1.165, 1.54) is 6.07 Å². The van der Waals surface area contributed by atoms with Gasteiger partial charge in [0.1, 0.15) is 6.61 Å². The van der Waals surface area contributed by atoms with E-state index in [9.17, 15) is 19.5 Å². The van der Waals surface area contributed by atoms with E-state index in [1.807, 2.05) is 13.8 Å². The summed E-state index contributed by atoms with van der Waals surface area (Å²) in [6.45, 7) is 5.60. The first kappa shape index (κ1) is 18.9. The number of amides is 2. The molecule has 2 amide bonds. The predicted octanol–water partition coefficient (Wildman–Crippen LogP) is 0.617. The van der Waals surface area contributed by atoms with E-state index < -0.39 is 35.6 Å². The van der Waals surface area contributed by atoms with Gasteiger partial charge in [0.2, 0.25) is 0 Å². The summed E-state index contributed by atoms with van der Waals surface area (Å²) >= 11 is 0. The third kappa shape index (κ3) is 4.34. The minimum atomic E-state index is -0.968. The SMILES string of the molecule is C[C@@H](NNC(=O)c1ccccc1C=O)C(O)[C@H]1NC(=O)OCC1(C)C. The number of hydrogen-bond acceptors (Lipinski definition) is 6. The molecule has 0 spiro atoms. The van der Waals surface area contributed by atoms with E-state index in [4.69, 9.17) is 4.74 Å². The van der Waals surface area contributed by atoms with E-state index in [0.717, 1.165) is 0 Å². The van der Waals surface area contributed by atoms with Crippen LogP contribution in [0.3, 0.4) is 0 Å². The van der Waals surface area contributed by atoms with Crippen LogP contribution in [-0.2, 0) is 4.74 Å². The van der Waals surface area contributed by atoms with Crippen LogP contribution in [-0.4, -0.2) is 48.2 Å². The third-order valence-electron chi connectivity index (χ3n) is 4.29. The molecule has 2 rings (SSSR count). The Balaban J connectivity index is 1.99. The lowest BCUT2D eigenvalue weighted by molar-refractivity contribution is -0.0233. The van der Waals surface area contributed by atoms with Crippen molar-refractivity contribution in [3.05, 3.63) is 35.4 Å². The van der Waals surface area contributed by atoms with Crippen molar-refractivity contribution in [1.82, 2.24) is 16.2 Å². The summed E-state index contributed by atoms with van der Waals surface area (Å²) in [4.78, 5) is 34.6. The number of cyclic esters (lactones) is 1. The zero-order valence-corrected chi connectivity index (χ0v) is 14.4. The number of aldehydes is 1. The summed E-state index contributed by atoms with van der Waals surface area (Å²) in [5.74, 6) is -0.489. The van der Waals surface area contributed by atoms with Crippen molar-refractivity contribution in [1.29, 1.82) is 0 Å². The summed E-state index contributed by atoms with van der Waals surface area (Å²) in [5, 5.41) is 13.2. The molecule has 0 saturated carbocycles. The second kappa shape index (κ2) is 7.62. The van der Waals surface area contributed by atoms with Crippen LogP contribution in [0.4, 0.5) is 4.79 Å². The molecule has 8 nitrogen and oxygen atoms in total. The number of nitrogens with one attached hydrogen (secondary N) is 3. The lowest BCUT2D eigenvalue weighted by atomic mass is 9.79. The number of carbonyl (C=O) groups excluding carboxylic acids is 3. The maximum atomic E-state index is 12.2. The molecule has 1 saturated heterocycles. The highest BCUT2D eigenvalue weighted by molar-refractivity contribution is 6.01. The standard InChI is InChI=1S/C17H23N3O5/c1-10(13(22)14-17(2,3)9-25-16(24)18-14)19-20-15(23)12-7-5-4-6-11(12)8-21/h4-8,10,13-14,19,22H,9H2,1-3H3,(H,18,24)(H,20,23)/t10-,13?,14-/m1/s1. The van der Waals surface area contributed by atoms with Gasteiger partial charge >= 0.3 is 6.09 Å². The summed E-state index contributed by atoms with van der Waals surface area (Å²) < 4.78 is 4.95. The van der Waals surface area contributed by atoms with Crippen LogP contribution in [0.5, 0.6) is 0 Å². The Morgan fingerprint density at radius 2 is 2.12 bits per heavy atom. The van der Waals surface area contributed by atoms with Gasteiger partial charge in [-0.05, 0) is 13.0 Å². The van der Waals surface area contributed by atoms with E-state index in [-0.39, 0.29) is 17.7 Å². The second-order valence-corrected chi connectivity index (χ2v) is 6.77. The van der Waals surface area contributed by atoms with Crippen LogP contribution < -0.4 is 16.2 Å². The number of aliphatic hydroxyl groups excluding tert-OH is 1. The Hall–Kier alpha value is -2.45. The molecular weight excluding hydrogens is 326 g/mol. The fraction of sp³-hybridized carbons (Fsp3) is 0.471. The lowest BCUT2D eigenvalue weighted by Gasteiger charge is -2.42. The van der Waals surface area contributed by atoms with Gasteiger partial charge in [0.15, 0.2) is 6.29 Å². The Labute approximate surface area is 145 Å². The molecule has 1 unspecified atom stereocenters. The van der Waals surface area contributed by atoms with Gasteiger partial charge in [-0.15, -0.1) is 0 Å². The van der Waals surface area contributed by atoms with Gasteiger partial charge in [-0.1, -0.05) is 32.0 Å². The van der Waals surface area contributed by atoms with Crippen molar-refractivity contribution in [3.8, 4) is 0 Å². The monoisotopic (exact) mass is 349 g/mol. The van der Waals surface area contributed by atoms with E-state index in [2.05, 4.69) is 16.2 Å². The summed E-state index contributed by atoms with van der Waals surface area (Å²) in [6.07, 6.45) is -0.947. The molecule has 25 heavy (non-hydrogen) atoms. The van der Waals surface area contributed by atoms with E-state index >= 15 is 0 Å². The maximum absolute atomic E-state index is 12.2.